The number of benzene rings is 2. The van der Waals surface area contributed by atoms with E-state index >= 15 is 0 Å². The Hall–Kier alpha value is -2.15. The standard InChI is InChI=1S/C16H20O.C16H24/c1-10(2)12-5-6-13-7-14(11(3)4)9-16(17)15(13)8-12;1-11(2)13-5-7-16-10-14(12(3)4)6-8-15(16)9-13/h5-6,8-11H,7H2,1-4H3;5,7,9,11-12,14H,6,8,10H2,1-4H3. The maximum absolute atomic E-state index is 12.1. The van der Waals surface area contributed by atoms with Crippen LogP contribution >= 0.6 is 0 Å². The van der Waals surface area contributed by atoms with Gasteiger partial charge in [-0.05, 0) is 95.2 Å². The highest BCUT2D eigenvalue weighted by Gasteiger charge is 2.22. The lowest BCUT2D eigenvalue weighted by molar-refractivity contribution is 0.104. The lowest BCUT2D eigenvalue weighted by Crippen LogP contribution is -2.19. The second-order valence-electron chi connectivity index (χ2n) is 11.4. The van der Waals surface area contributed by atoms with Crippen molar-refractivity contribution in [1.82, 2.24) is 0 Å². The molecule has 1 unspecified atom stereocenters. The molecule has 0 radical (unpaired) electrons. The summed E-state index contributed by atoms with van der Waals surface area (Å²) in [7, 11) is 0. The number of ketones is 1. The van der Waals surface area contributed by atoms with E-state index < -0.39 is 0 Å². The number of hydrogen-bond donors (Lipinski definition) is 0. The largest absolute Gasteiger partial charge is 0.289 e. The molecular formula is C32H44O. The van der Waals surface area contributed by atoms with Gasteiger partial charge in [0, 0.05) is 5.56 Å². The van der Waals surface area contributed by atoms with Crippen LogP contribution in [0.3, 0.4) is 0 Å². The summed E-state index contributed by atoms with van der Waals surface area (Å²) in [6.45, 7) is 17.9. The minimum absolute atomic E-state index is 0.178. The molecule has 1 atom stereocenters. The van der Waals surface area contributed by atoms with E-state index in [0.717, 1.165) is 23.8 Å². The highest BCUT2D eigenvalue weighted by molar-refractivity contribution is 6.07. The van der Waals surface area contributed by atoms with Gasteiger partial charge < -0.3 is 0 Å². The zero-order valence-electron chi connectivity index (χ0n) is 22.2. The number of hydrogen-bond acceptors (Lipinski definition) is 1. The minimum Gasteiger partial charge on any atom is -0.289 e. The van der Waals surface area contributed by atoms with Gasteiger partial charge in [0.15, 0.2) is 5.78 Å². The topological polar surface area (TPSA) is 17.1 Å². The Kier molecular flexibility index (Phi) is 8.38. The summed E-state index contributed by atoms with van der Waals surface area (Å²) in [6, 6.07) is 13.5. The van der Waals surface area contributed by atoms with E-state index in [2.05, 4.69) is 91.8 Å². The van der Waals surface area contributed by atoms with Crippen LogP contribution in [0.25, 0.3) is 0 Å². The number of fused-ring (bicyclic) bond motifs is 2. The second-order valence-corrected chi connectivity index (χ2v) is 11.4. The Balaban J connectivity index is 0.000000186. The molecular weight excluding hydrogens is 400 g/mol. The van der Waals surface area contributed by atoms with Crippen molar-refractivity contribution in [3.05, 3.63) is 81.4 Å². The molecule has 0 aromatic heterocycles. The Morgan fingerprint density at radius 3 is 1.91 bits per heavy atom. The van der Waals surface area contributed by atoms with Gasteiger partial charge in [-0.2, -0.15) is 0 Å². The highest BCUT2D eigenvalue weighted by atomic mass is 16.1. The molecule has 1 nitrogen and oxygen atoms in total. The van der Waals surface area contributed by atoms with Crippen LogP contribution in [-0.4, -0.2) is 5.78 Å². The molecule has 2 aliphatic carbocycles. The molecule has 0 spiro atoms. The molecule has 0 N–H and O–H groups in total. The monoisotopic (exact) mass is 444 g/mol. The zero-order valence-corrected chi connectivity index (χ0v) is 22.2. The van der Waals surface area contributed by atoms with Gasteiger partial charge in [-0.3, -0.25) is 4.79 Å². The number of carbonyl (C=O) groups is 1. The maximum Gasteiger partial charge on any atom is 0.186 e. The van der Waals surface area contributed by atoms with Gasteiger partial charge in [0.1, 0.15) is 0 Å². The van der Waals surface area contributed by atoms with Gasteiger partial charge in [0.2, 0.25) is 0 Å². The predicted molar refractivity (Wildman–Crippen MR) is 142 cm³/mol. The van der Waals surface area contributed by atoms with Crippen molar-refractivity contribution < 1.29 is 4.79 Å². The van der Waals surface area contributed by atoms with E-state index in [4.69, 9.17) is 0 Å². The molecule has 0 saturated carbocycles. The minimum atomic E-state index is 0.178. The van der Waals surface area contributed by atoms with Crippen LogP contribution in [-0.2, 0) is 19.3 Å². The summed E-state index contributed by atoms with van der Waals surface area (Å²) >= 11 is 0. The fourth-order valence-corrected chi connectivity index (χ4v) is 4.96. The molecule has 4 rings (SSSR count). The molecule has 0 aliphatic heterocycles. The first-order chi connectivity index (χ1) is 15.6. The number of carbonyl (C=O) groups excluding carboxylic acids is 1. The number of rotatable bonds is 4. The van der Waals surface area contributed by atoms with Crippen molar-refractivity contribution in [3.63, 3.8) is 0 Å². The molecule has 2 aromatic rings. The van der Waals surface area contributed by atoms with Crippen molar-refractivity contribution >= 4 is 5.78 Å². The first kappa shape index (κ1) is 25.5. The average Bonchev–Trinajstić information content (AvgIpc) is 2.78. The van der Waals surface area contributed by atoms with Crippen molar-refractivity contribution in [2.45, 2.75) is 92.9 Å². The fraction of sp³-hybridized carbons (Fsp3) is 0.531. The lowest BCUT2D eigenvalue weighted by atomic mass is 9.77. The Morgan fingerprint density at radius 2 is 1.33 bits per heavy atom. The molecule has 0 amide bonds. The van der Waals surface area contributed by atoms with Crippen molar-refractivity contribution in [1.29, 1.82) is 0 Å². The summed E-state index contributed by atoms with van der Waals surface area (Å²) in [4.78, 5) is 12.1. The summed E-state index contributed by atoms with van der Waals surface area (Å²) in [6.07, 6.45) is 6.73. The molecule has 0 bridgehead atoms. The van der Waals surface area contributed by atoms with E-state index in [1.54, 1.807) is 11.1 Å². The third-order valence-corrected chi connectivity index (χ3v) is 7.63. The van der Waals surface area contributed by atoms with E-state index in [9.17, 15) is 4.79 Å². The zero-order chi connectivity index (χ0) is 24.3. The van der Waals surface area contributed by atoms with Crippen molar-refractivity contribution in [3.8, 4) is 0 Å². The van der Waals surface area contributed by atoms with Crippen LogP contribution in [0.5, 0.6) is 0 Å². The number of aryl methyl sites for hydroxylation is 1. The molecule has 0 saturated heterocycles. The van der Waals surface area contributed by atoms with Gasteiger partial charge >= 0.3 is 0 Å². The molecule has 1 heteroatoms. The van der Waals surface area contributed by atoms with E-state index in [1.807, 2.05) is 6.08 Å². The number of allylic oxidation sites excluding steroid dienone is 2. The average molecular weight is 445 g/mol. The fourth-order valence-electron chi connectivity index (χ4n) is 4.96. The summed E-state index contributed by atoms with van der Waals surface area (Å²) in [5.74, 6) is 3.50. The molecule has 2 aliphatic rings. The second kappa shape index (κ2) is 10.9. The molecule has 0 heterocycles. The first-order valence-corrected chi connectivity index (χ1v) is 13.1. The van der Waals surface area contributed by atoms with Crippen LogP contribution < -0.4 is 0 Å². The van der Waals surface area contributed by atoms with Crippen molar-refractivity contribution in [2.75, 3.05) is 0 Å². The molecule has 33 heavy (non-hydrogen) atoms. The third-order valence-electron chi connectivity index (χ3n) is 7.63. The van der Waals surface area contributed by atoms with Gasteiger partial charge in [-0.15, -0.1) is 0 Å². The van der Waals surface area contributed by atoms with Crippen LogP contribution in [0.15, 0.2) is 48.0 Å². The quantitative estimate of drug-likeness (QED) is 0.461. The summed E-state index contributed by atoms with van der Waals surface area (Å²) < 4.78 is 0. The lowest BCUT2D eigenvalue weighted by Gasteiger charge is -2.28. The summed E-state index contributed by atoms with van der Waals surface area (Å²) in [5.41, 5.74) is 9.31. The SMILES string of the molecule is CC(C)C1=CC(=O)c2cc(C(C)C)ccc2C1.CC(C)c1ccc2c(c1)CCC(C(C)C)C2. The van der Waals surface area contributed by atoms with Crippen LogP contribution in [0, 0.1) is 17.8 Å². The third kappa shape index (κ3) is 6.25. The molecule has 178 valence electrons. The first-order valence-electron chi connectivity index (χ1n) is 13.1. The van der Waals surface area contributed by atoms with Gasteiger partial charge in [0.05, 0.1) is 0 Å². The molecule has 2 aromatic carbocycles. The van der Waals surface area contributed by atoms with Gasteiger partial charge in [0.25, 0.3) is 0 Å². The van der Waals surface area contributed by atoms with Gasteiger partial charge in [-0.25, -0.2) is 0 Å². The molecule has 0 fully saturated rings. The highest BCUT2D eigenvalue weighted by Crippen LogP contribution is 2.32. The Labute approximate surface area is 202 Å². The normalized spacial score (nSPS) is 17.6. The van der Waals surface area contributed by atoms with Crippen LogP contribution in [0.1, 0.15) is 112 Å². The summed E-state index contributed by atoms with van der Waals surface area (Å²) in [5, 5.41) is 0. The smallest absolute Gasteiger partial charge is 0.186 e. The van der Waals surface area contributed by atoms with E-state index in [-0.39, 0.29) is 5.78 Å². The van der Waals surface area contributed by atoms with E-state index in [1.165, 1.54) is 41.5 Å². The van der Waals surface area contributed by atoms with Crippen molar-refractivity contribution in [2.24, 2.45) is 17.8 Å². The van der Waals surface area contributed by atoms with Gasteiger partial charge in [-0.1, -0.05) is 91.3 Å². The predicted octanol–water partition coefficient (Wildman–Crippen LogP) is 8.70. The van der Waals surface area contributed by atoms with Crippen LogP contribution in [0.4, 0.5) is 0 Å². The maximum atomic E-state index is 12.1. The Morgan fingerprint density at radius 1 is 0.727 bits per heavy atom. The van der Waals surface area contributed by atoms with Crippen LogP contribution in [0.2, 0.25) is 0 Å². The Bertz CT molecular complexity index is 1000. The van der Waals surface area contributed by atoms with E-state index in [0.29, 0.717) is 17.8 Å².